The Morgan fingerprint density at radius 2 is 1.94 bits per heavy atom. The largest absolute Gasteiger partial charge is 0.320 e. The first kappa shape index (κ1) is 21.8. The molecule has 1 aliphatic carbocycles. The Hall–Kier alpha value is -2.47. The van der Waals surface area contributed by atoms with Crippen LogP contribution in [0, 0.1) is 12.8 Å². The normalized spacial score (nSPS) is 14.9. The van der Waals surface area contributed by atoms with Gasteiger partial charge in [-0.3, -0.25) is 4.79 Å². The van der Waals surface area contributed by atoms with Crippen molar-refractivity contribution < 1.29 is 4.79 Å². The minimum atomic E-state index is -0.197. The lowest BCUT2D eigenvalue weighted by atomic mass is 9.93. The summed E-state index contributed by atoms with van der Waals surface area (Å²) >= 11 is 1.66. The minimum absolute atomic E-state index is 0.0302. The van der Waals surface area contributed by atoms with Crippen LogP contribution in [0.4, 0.5) is 0 Å². The number of thiazole rings is 1. The smallest absolute Gasteiger partial charge is 0.283 e. The molecular formula is C25H32N4OS. The van der Waals surface area contributed by atoms with E-state index in [4.69, 9.17) is 0 Å². The maximum absolute atomic E-state index is 13.4. The molecule has 1 saturated carbocycles. The Labute approximate surface area is 188 Å². The molecule has 0 radical (unpaired) electrons. The molecule has 0 spiro atoms. The van der Waals surface area contributed by atoms with Gasteiger partial charge in [0.25, 0.3) is 5.91 Å². The highest BCUT2D eigenvalue weighted by molar-refractivity contribution is 7.09. The lowest BCUT2D eigenvalue weighted by Gasteiger charge is -2.17. The van der Waals surface area contributed by atoms with Crippen LogP contribution < -0.4 is 4.80 Å². The molecule has 0 N–H and O–H groups in total. The van der Waals surface area contributed by atoms with Crippen molar-refractivity contribution in [1.82, 2.24) is 14.3 Å². The number of amides is 1. The maximum atomic E-state index is 13.4. The third-order valence-corrected chi connectivity index (χ3v) is 7.37. The lowest BCUT2D eigenvalue weighted by molar-refractivity contribution is 0.0996. The van der Waals surface area contributed by atoms with E-state index in [0.29, 0.717) is 11.5 Å². The van der Waals surface area contributed by atoms with E-state index in [0.717, 1.165) is 35.6 Å². The van der Waals surface area contributed by atoms with Gasteiger partial charge in [0.15, 0.2) is 4.80 Å². The van der Waals surface area contributed by atoms with Crippen molar-refractivity contribution in [1.29, 1.82) is 0 Å². The van der Waals surface area contributed by atoms with Crippen LogP contribution in [-0.2, 0) is 18.4 Å². The predicted molar refractivity (Wildman–Crippen MR) is 126 cm³/mol. The van der Waals surface area contributed by atoms with Gasteiger partial charge in [-0.15, -0.1) is 11.3 Å². The molecular weight excluding hydrogens is 404 g/mol. The molecule has 3 aromatic rings. The molecule has 0 saturated heterocycles. The summed E-state index contributed by atoms with van der Waals surface area (Å²) in [6.45, 7) is 11.9. The van der Waals surface area contributed by atoms with E-state index < -0.39 is 0 Å². The fourth-order valence-corrected chi connectivity index (χ4v) is 5.20. The van der Waals surface area contributed by atoms with Gasteiger partial charge in [-0.1, -0.05) is 52.3 Å². The second-order valence-corrected chi connectivity index (χ2v) is 10.5. The quantitative estimate of drug-likeness (QED) is 0.516. The first-order valence-electron chi connectivity index (χ1n) is 11.2. The number of carbonyl (C=O) groups excluding carboxylic acids is 1. The third-order valence-electron chi connectivity index (χ3n) is 5.76. The van der Waals surface area contributed by atoms with Gasteiger partial charge in [0.05, 0.1) is 23.1 Å². The summed E-state index contributed by atoms with van der Waals surface area (Å²) in [5.41, 5.74) is 3.77. The Morgan fingerprint density at radius 1 is 1.23 bits per heavy atom. The number of benzene rings is 1. The van der Waals surface area contributed by atoms with E-state index >= 15 is 0 Å². The summed E-state index contributed by atoms with van der Waals surface area (Å²) in [6, 6.07) is 9.99. The Kier molecular flexibility index (Phi) is 6.02. The third kappa shape index (κ3) is 4.59. The standard InChI is InChI=1S/C25H32N4OS/c1-6-10-21-20(15-26-29(21)19-11-8-7-9-12-19)23(30)27-24-28(16-18-13-14-18)17(2)22(31-24)25(3,4)5/h7-9,11-12,15,18H,6,10,13-14,16H2,1-5H3. The summed E-state index contributed by atoms with van der Waals surface area (Å²) in [6.07, 6.45) is 5.94. The molecule has 1 fully saturated rings. The second kappa shape index (κ2) is 8.58. The van der Waals surface area contributed by atoms with Crippen molar-refractivity contribution in [2.75, 3.05) is 0 Å². The zero-order valence-corrected chi connectivity index (χ0v) is 20.0. The van der Waals surface area contributed by atoms with Crippen LogP contribution in [0.5, 0.6) is 0 Å². The van der Waals surface area contributed by atoms with Crippen LogP contribution in [0.15, 0.2) is 41.5 Å². The zero-order valence-electron chi connectivity index (χ0n) is 19.2. The molecule has 1 aromatic carbocycles. The van der Waals surface area contributed by atoms with Crippen molar-refractivity contribution >= 4 is 17.2 Å². The van der Waals surface area contributed by atoms with Gasteiger partial charge in [0, 0.05) is 17.1 Å². The highest BCUT2D eigenvalue weighted by Crippen LogP contribution is 2.33. The molecule has 1 amide bonds. The summed E-state index contributed by atoms with van der Waals surface area (Å²) < 4.78 is 4.15. The minimum Gasteiger partial charge on any atom is -0.320 e. The molecule has 31 heavy (non-hydrogen) atoms. The van der Waals surface area contributed by atoms with Crippen LogP contribution in [0.1, 0.15) is 73.6 Å². The van der Waals surface area contributed by atoms with Crippen LogP contribution in [0.3, 0.4) is 0 Å². The van der Waals surface area contributed by atoms with Crippen molar-refractivity contribution in [2.45, 2.75) is 72.3 Å². The number of rotatable bonds is 6. The number of para-hydroxylation sites is 1. The fourth-order valence-electron chi connectivity index (χ4n) is 4.01. The molecule has 0 bridgehead atoms. The number of carbonyl (C=O) groups is 1. The fraction of sp³-hybridized carbons (Fsp3) is 0.480. The monoisotopic (exact) mass is 436 g/mol. The second-order valence-electron chi connectivity index (χ2n) is 9.52. The van der Waals surface area contributed by atoms with Gasteiger partial charge in [-0.05, 0) is 49.7 Å². The van der Waals surface area contributed by atoms with Crippen molar-refractivity contribution in [3.05, 3.63) is 63.2 Å². The Morgan fingerprint density at radius 3 is 2.55 bits per heavy atom. The summed E-state index contributed by atoms with van der Waals surface area (Å²) in [4.78, 5) is 20.1. The molecule has 0 atom stereocenters. The molecule has 2 heterocycles. The molecule has 2 aromatic heterocycles. The summed E-state index contributed by atoms with van der Waals surface area (Å²) in [5.74, 6) is 0.517. The van der Waals surface area contributed by atoms with Gasteiger partial charge in [0.1, 0.15) is 0 Å². The molecule has 5 nitrogen and oxygen atoms in total. The number of hydrogen-bond acceptors (Lipinski definition) is 3. The van der Waals surface area contributed by atoms with Gasteiger partial charge >= 0.3 is 0 Å². The van der Waals surface area contributed by atoms with Crippen molar-refractivity contribution in [3.8, 4) is 5.69 Å². The molecule has 164 valence electrons. The summed E-state index contributed by atoms with van der Waals surface area (Å²) in [7, 11) is 0. The maximum Gasteiger partial charge on any atom is 0.283 e. The van der Waals surface area contributed by atoms with Gasteiger partial charge in [-0.2, -0.15) is 10.1 Å². The Bertz CT molecular complexity index is 1140. The summed E-state index contributed by atoms with van der Waals surface area (Å²) in [5, 5.41) is 4.54. The first-order chi connectivity index (χ1) is 14.8. The average Bonchev–Trinajstić information content (AvgIpc) is 3.37. The molecule has 0 unspecified atom stereocenters. The zero-order chi connectivity index (χ0) is 22.2. The first-order valence-corrected chi connectivity index (χ1v) is 12.0. The lowest BCUT2D eigenvalue weighted by Crippen LogP contribution is -2.20. The predicted octanol–water partition coefficient (Wildman–Crippen LogP) is 5.44. The van der Waals surface area contributed by atoms with Crippen molar-refractivity contribution in [3.63, 3.8) is 0 Å². The molecule has 0 aliphatic heterocycles. The topological polar surface area (TPSA) is 52.2 Å². The van der Waals surface area contributed by atoms with Gasteiger partial charge < -0.3 is 4.57 Å². The SMILES string of the molecule is CCCc1c(C(=O)N=c2sc(C(C)(C)C)c(C)n2CC2CC2)cnn1-c1ccccc1. The van der Waals surface area contributed by atoms with E-state index in [9.17, 15) is 4.79 Å². The van der Waals surface area contributed by atoms with E-state index in [1.807, 2.05) is 35.0 Å². The van der Waals surface area contributed by atoms with E-state index in [1.54, 1.807) is 17.5 Å². The van der Waals surface area contributed by atoms with Gasteiger partial charge in [0.2, 0.25) is 0 Å². The number of aromatic nitrogens is 3. The van der Waals surface area contributed by atoms with Crippen LogP contribution in [0.2, 0.25) is 0 Å². The van der Waals surface area contributed by atoms with E-state index in [-0.39, 0.29) is 11.3 Å². The highest BCUT2D eigenvalue weighted by atomic mass is 32.1. The molecule has 4 rings (SSSR count). The van der Waals surface area contributed by atoms with Crippen LogP contribution in [-0.4, -0.2) is 20.3 Å². The highest BCUT2D eigenvalue weighted by Gasteiger charge is 2.27. The number of hydrogen-bond donors (Lipinski definition) is 0. The number of nitrogens with zero attached hydrogens (tertiary/aromatic N) is 4. The van der Waals surface area contributed by atoms with E-state index in [1.165, 1.54) is 23.4 Å². The van der Waals surface area contributed by atoms with Crippen LogP contribution in [0.25, 0.3) is 5.69 Å². The Balaban J connectivity index is 1.78. The van der Waals surface area contributed by atoms with Gasteiger partial charge in [-0.25, -0.2) is 4.68 Å². The molecule has 1 aliphatic rings. The van der Waals surface area contributed by atoms with Crippen LogP contribution >= 0.6 is 11.3 Å². The van der Waals surface area contributed by atoms with Crippen molar-refractivity contribution in [2.24, 2.45) is 10.9 Å². The van der Waals surface area contributed by atoms with E-state index in [2.05, 4.69) is 49.3 Å². The average molecular weight is 437 g/mol. The molecule has 6 heteroatoms.